The highest BCUT2D eigenvalue weighted by Gasteiger charge is 2.23. The zero-order chi connectivity index (χ0) is 12.3. The molecule has 4 nitrogen and oxygen atoms in total. The van der Waals surface area contributed by atoms with Gasteiger partial charge >= 0.3 is 0 Å². The summed E-state index contributed by atoms with van der Waals surface area (Å²) in [7, 11) is 0. The lowest BCUT2D eigenvalue weighted by Gasteiger charge is -2.19. The zero-order valence-corrected chi connectivity index (χ0v) is 9.65. The minimum atomic E-state index is -0.589. The summed E-state index contributed by atoms with van der Waals surface area (Å²) in [4.78, 5) is 15.2. The summed E-state index contributed by atoms with van der Waals surface area (Å²) in [5.74, 6) is -0.839. The molecule has 2 unspecified atom stereocenters. The molecule has 0 bridgehead atoms. The Morgan fingerprint density at radius 1 is 1.65 bits per heavy atom. The van der Waals surface area contributed by atoms with Crippen LogP contribution in [0.1, 0.15) is 30.1 Å². The van der Waals surface area contributed by atoms with Gasteiger partial charge in [0.25, 0.3) is 5.91 Å². The van der Waals surface area contributed by atoms with Crippen LogP contribution in [0.3, 0.4) is 0 Å². The third-order valence-electron chi connectivity index (χ3n) is 2.87. The minimum absolute atomic E-state index is 0.0462. The molecule has 1 aromatic heterocycles. The number of nitrogens with one attached hydrogen (secondary N) is 1. The van der Waals surface area contributed by atoms with Crippen LogP contribution in [0.4, 0.5) is 4.39 Å². The van der Waals surface area contributed by atoms with E-state index in [1.165, 1.54) is 18.3 Å². The van der Waals surface area contributed by atoms with E-state index in [2.05, 4.69) is 10.3 Å². The Labute approximate surface area is 99.2 Å². The average Bonchev–Trinajstić information content (AvgIpc) is 2.83. The maximum Gasteiger partial charge on any atom is 0.253 e. The molecule has 0 spiro atoms. The summed E-state index contributed by atoms with van der Waals surface area (Å²) < 4.78 is 18.1. The molecule has 1 aliphatic rings. The summed E-state index contributed by atoms with van der Waals surface area (Å²) in [6.07, 6.45) is 3.30. The molecule has 1 saturated heterocycles. The highest BCUT2D eigenvalue weighted by Crippen LogP contribution is 2.15. The van der Waals surface area contributed by atoms with Gasteiger partial charge in [-0.3, -0.25) is 4.79 Å². The van der Waals surface area contributed by atoms with Crippen molar-refractivity contribution in [1.29, 1.82) is 0 Å². The fraction of sp³-hybridized carbons (Fsp3) is 0.500. The predicted octanol–water partition coefficient (Wildman–Crippen LogP) is 1.52. The van der Waals surface area contributed by atoms with Crippen molar-refractivity contribution in [2.45, 2.75) is 31.9 Å². The minimum Gasteiger partial charge on any atom is -0.376 e. The van der Waals surface area contributed by atoms with Crippen LogP contribution in [-0.4, -0.2) is 29.6 Å². The molecule has 92 valence electrons. The van der Waals surface area contributed by atoms with Crippen LogP contribution in [0.5, 0.6) is 0 Å². The second kappa shape index (κ2) is 5.23. The van der Waals surface area contributed by atoms with E-state index < -0.39 is 5.95 Å². The first-order valence-electron chi connectivity index (χ1n) is 5.71. The van der Waals surface area contributed by atoms with E-state index >= 15 is 0 Å². The summed E-state index contributed by atoms with van der Waals surface area (Å²) in [6, 6.07) is 2.54. The Bertz CT molecular complexity index is 388. The van der Waals surface area contributed by atoms with Gasteiger partial charge in [-0.25, -0.2) is 4.98 Å². The first-order valence-corrected chi connectivity index (χ1v) is 5.71. The second-order valence-electron chi connectivity index (χ2n) is 4.18. The van der Waals surface area contributed by atoms with Gasteiger partial charge in [-0.05, 0) is 31.9 Å². The maximum absolute atomic E-state index is 12.6. The lowest BCUT2D eigenvalue weighted by molar-refractivity contribution is 0.0712. The monoisotopic (exact) mass is 238 g/mol. The number of ether oxygens (including phenoxy) is 1. The average molecular weight is 238 g/mol. The maximum atomic E-state index is 12.6. The van der Waals surface area contributed by atoms with E-state index in [1.54, 1.807) is 0 Å². The molecule has 17 heavy (non-hydrogen) atoms. The van der Waals surface area contributed by atoms with Gasteiger partial charge < -0.3 is 10.1 Å². The van der Waals surface area contributed by atoms with Crippen molar-refractivity contribution in [1.82, 2.24) is 10.3 Å². The molecular formula is C12H15FN2O2. The Morgan fingerprint density at radius 2 is 2.47 bits per heavy atom. The number of carbonyl (C=O) groups excluding carboxylic acids is 1. The van der Waals surface area contributed by atoms with Crippen molar-refractivity contribution in [2.24, 2.45) is 0 Å². The first kappa shape index (κ1) is 12.0. The second-order valence-corrected chi connectivity index (χ2v) is 4.18. The molecule has 1 amide bonds. The smallest absolute Gasteiger partial charge is 0.253 e. The first-order chi connectivity index (χ1) is 8.16. The number of rotatable bonds is 3. The predicted molar refractivity (Wildman–Crippen MR) is 60.1 cm³/mol. The van der Waals surface area contributed by atoms with Gasteiger partial charge in [0, 0.05) is 12.8 Å². The van der Waals surface area contributed by atoms with Gasteiger partial charge in [0.05, 0.1) is 17.7 Å². The Kier molecular flexibility index (Phi) is 3.68. The van der Waals surface area contributed by atoms with Crippen molar-refractivity contribution in [3.63, 3.8) is 0 Å². The van der Waals surface area contributed by atoms with E-state index in [4.69, 9.17) is 4.74 Å². The van der Waals surface area contributed by atoms with Gasteiger partial charge in [0.1, 0.15) is 0 Å². The molecule has 2 atom stereocenters. The Morgan fingerprint density at radius 3 is 3.06 bits per heavy atom. The van der Waals surface area contributed by atoms with Crippen LogP contribution in [0.2, 0.25) is 0 Å². The van der Waals surface area contributed by atoms with Crippen LogP contribution in [0.25, 0.3) is 0 Å². The number of aromatic nitrogens is 1. The fourth-order valence-electron chi connectivity index (χ4n) is 1.89. The van der Waals surface area contributed by atoms with Gasteiger partial charge in [-0.2, -0.15) is 4.39 Å². The molecule has 1 N–H and O–H groups in total. The summed E-state index contributed by atoms with van der Waals surface area (Å²) in [6.45, 7) is 2.66. The van der Waals surface area contributed by atoms with Gasteiger partial charge in [-0.15, -0.1) is 0 Å². The van der Waals surface area contributed by atoms with Crippen LogP contribution in [0, 0.1) is 5.95 Å². The Hall–Kier alpha value is -1.49. The largest absolute Gasteiger partial charge is 0.376 e. The lowest BCUT2D eigenvalue weighted by atomic mass is 10.1. The summed E-state index contributed by atoms with van der Waals surface area (Å²) in [5, 5.41) is 2.83. The molecule has 1 fully saturated rings. The standard InChI is InChI=1S/C12H15FN2O2/c1-8(10-3-2-6-17-10)15-12(16)9-4-5-11(13)14-7-9/h4-5,7-8,10H,2-3,6H2,1H3,(H,15,16). The normalized spacial score (nSPS) is 21.2. The molecule has 0 saturated carbocycles. The molecule has 0 aliphatic carbocycles. The van der Waals surface area contributed by atoms with Gasteiger partial charge in [0.15, 0.2) is 0 Å². The van der Waals surface area contributed by atoms with Crippen LogP contribution < -0.4 is 5.32 Å². The lowest BCUT2D eigenvalue weighted by Crippen LogP contribution is -2.40. The number of hydrogen-bond donors (Lipinski definition) is 1. The molecular weight excluding hydrogens is 223 g/mol. The van der Waals surface area contributed by atoms with Gasteiger partial charge in [-0.1, -0.05) is 0 Å². The molecule has 0 aromatic carbocycles. The molecule has 0 radical (unpaired) electrons. The van der Waals surface area contributed by atoms with Crippen molar-refractivity contribution >= 4 is 5.91 Å². The highest BCUT2D eigenvalue weighted by atomic mass is 19.1. The fourth-order valence-corrected chi connectivity index (χ4v) is 1.89. The van der Waals surface area contributed by atoms with Crippen molar-refractivity contribution in [2.75, 3.05) is 6.61 Å². The van der Waals surface area contributed by atoms with Crippen molar-refractivity contribution in [3.8, 4) is 0 Å². The number of carbonyl (C=O) groups is 1. The molecule has 1 aromatic rings. The third-order valence-corrected chi connectivity index (χ3v) is 2.87. The molecule has 5 heteroatoms. The third kappa shape index (κ3) is 3.00. The highest BCUT2D eigenvalue weighted by molar-refractivity contribution is 5.94. The molecule has 2 heterocycles. The summed E-state index contributed by atoms with van der Waals surface area (Å²) in [5.41, 5.74) is 0.358. The number of amides is 1. The number of hydrogen-bond acceptors (Lipinski definition) is 3. The van der Waals surface area contributed by atoms with Crippen LogP contribution in [0.15, 0.2) is 18.3 Å². The molecule has 2 rings (SSSR count). The van der Waals surface area contributed by atoms with E-state index in [0.29, 0.717) is 5.56 Å². The zero-order valence-electron chi connectivity index (χ0n) is 9.65. The number of nitrogens with zero attached hydrogens (tertiary/aromatic N) is 1. The topological polar surface area (TPSA) is 51.2 Å². The number of pyridine rings is 1. The quantitative estimate of drug-likeness (QED) is 0.812. The Balaban J connectivity index is 1.94. The van der Waals surface area contributed by atoms with E-state index in [9.17, 15) is 9.18 Å². The number of halogens is 1. The van der Waals surface area contributed by atoms with Crippen molar-refractivity contribution in [3.05, 3.63) is 29.8 Å². The van der Waals surface area contributed by atoms with Crippen LogP contribution in [-0.2, 0) is 4.74 Å². The van der Waals surface area contributed by atoms with E-state index in [-0.39, 0.29) is 18.1 Å². The summed E-state index contributed by atoms with van der Waals surface area (Å²) >= 11 is 0. The van der Waals surface area contributed by atoms with Crippen molar-refractivity contribution < 1.29 is 13.9 Å². The van der Waals surface area contributed by atoms with E-state index in [0.717, 1.165) is 19.4 Å². The molecule has 1 aliphatic heterocycles. The SMILES string of the molecule is CC(NC(=O)c1ccc(F)nc1)C1CCCO1. The van der Waals surface area contributed by atoms with Crippen LogP contribution >= 0.6 is 0 Å². The van der Waals surface area contributed by atoms with E-state index in [1.807, 2.05) is 6.92 Å². The van der Waals surface area contributed by atoms with Gasteiger partial charge in [0.2, 0.25) is 5.95 Å².